The Kier molecular flexibility index (Phi) is 2.29. The zero-order valence-corrected chi connectivity index (χ0v) is 10.0. The SMILES string of the molecule is CCOC(=O)c1noc(C2(C)CC2(C)C)n1. The van der Waals surface area contributed by atoms with Crippen molar-refractivity contribution in [2.24, 2.45) is 5.41 Å². The van der Waals surface area contributed by atoms with E-state index in [1.165, 1.54) is 0 Å². The highest BCUT2D eigenvalue weighted by Gasteiger charge is 2.62. The molecule has 88 valence electrons. The largest absolute Gasteiger partial charge is 0.460 e. The first-order chi connectivity index (χ1) is 7.40. The van der Waals surface area contributed by atoms with Crippen LogP contribution in [0.25, 0.3) is 0 Å². The van der Waals surface area contributed by atoms with Crippen LogP contribution in [0.4, 0.5) is 0 Å². The van der Waals surface area contributed by atoms with Crippen molar-refractivity contribution >= 4 is 5.97 Å². The molecule has 0 bridgehead atoms. The van der Waals surface area contributed by atoms with Crippen molar-refractivity contribution in [2.45, 2.75) is 39.5 Å². The minimum Gasteiger partial charge on any atom is -0.460 e. The van der Waals surface area contributed by atoms with Gasteiger partial charge in [-0.1, -0.05) is 20.8 Å². The summed E-state index contributed by atoms with van der Waals surface area (Å²) in [6.45, 7) is 8.40. The van der Waals surface area contributed by atoms with E-state index in [1.54, 1.807) is 6.92 Å². The van der Waals surface area contributed by atoms with Crippen LogP contribution in [0, 0.1) is 5.41 Å². The Morgan fingerprint density at radius 3 is 2.62 bits per heavy atom. The molecule has 1 saturated carbocycles. The average molecular weight is 224 g/mol. The average Bonchev–Trinajstić information content (AvgIpc) is 2.64. The van der Waals surface area contributed by atoms with Crippen LogP contribution < -0.4 is 0 Å². The van der Waals surface area contributed by atoms with E-state index in [2.05, 4.69) is 30.9 Å². The number of rotatable bonds is 3. The van der Waals surface area contributed by atoms with Crippen molar-refractivity contribution in [2.75, 3.05) is 6.61 Å². The maximum Gasteiger partial charge on any atom is 0.379 e. The second-order valence-corrected chi connectivity index (χ2v) is 5.04. The van der Waals surface area contributed by atoms with Gasteiger partial charge in [-0.05, 0) is 23.9 Å². The molecule has 1 unspecified atom stereocenters. The third-order valence-corrected chi connectivity index (χ3v) is 3.52. The fraction of sp³-hybridized carbons (Fsp3) is 0.727. The van der Waals surface area contributed by atoms with E-state index in [0.717, 1.165) is 6.42 Å². The maximum absolute atomic E-state index is 11.4. The molecule has 1 aromatic rings. The van der Waals surface area contributed by atoms with Crippen LogP contribution in [0.5, 0.6) is 0 Å². The molecule has 1 heterocycles. The van der Waals surface area contributed by atoms with Crippen molar-refractivity contribution in [3.63, 3.8) is 0 Å². The summed E-state index contributed by atoms with van der Waals surface area (Å²) in [6.07, 6.45) is 0.991. The summed E-state index contributed by atoms with van der Waals surface area (Å²) in [5.74, 6) is 0.0147. The smallest absolute Gasteiger partial charge is 0.379 e. The number of esters is 1. The molecule has 1 fully saturated rings. The predicted molar refractivity (Wildman–Crippen MR) is 56.0 cm³/mol. The number of nitrogens with zero attached hydrogens (tertiary/aromatic N) is 2. The van der Waals surface area contributed by atoms with Gasteiger partial charge in [0, 0.05) is 0 Å². The molecule has 0 radical (unpaired) electrons. The van der Waals surface area contributed by atoms with E-state index in [1.807, 2.05) is 0 Å². The molecular weight excluding hydrogens is 208 g/mol. The van der Waals surface area contributed by atoms with E-state index >= 15 is 0 Å². The van der Waals surface area contributed by atoms with Crippen molar-refractivity contribution < 1.29 is 14.1 Å². The number of aromatic nitrogens is 2. The lowest BCUT2D eigenvalue weighted by Gasteiger charge is -2.07. The number of hydrogen-bond donors (Lipinski definition) is 0. The third-order valence-electron chi connectivity index (χ3n) is 3.52. The molecule has 5 nitrogen and oxygen atoms in total. The number of ether oxygens (including phenoxy) is 1. The summed E-state index contributed by atoms with van der Waals surface area (Å²) in [5.41, 5.74) is 0.0518. The van der Waals surface area contributed by atoms with Crippen LogP contribution in [0.2, 0.25) is 0 Å². The van der Waals surface area contributed by atoms with Gasteiger partial charge in [0.2, 0.25) is 5.89 Å². The van der Waals surface area contributed by atoms with Gasteiger partial charge in [-0.3, -0.25) is 0 Å². The van der Waals surface area contributed by atoms with Crippen LogP contribution in [0.15, 0.2) is 4.52 Å². The van der Waals surface area contributed by atoms with E-state index in [4.69, 9.17) is 9.26 Å². The first-order valence-electron chi connectivity index (χ1n) is 5.42. The molecule has 0 spiro atoms. The monoisotopic (exact) mass is 224 g/mol. The Labute approximate surface area is 94.2 Å². The molecule has 0 amide bonds. The van der Waals surface area contributed by atoms with Crippen LogP contribution >= 0.6 is 0 Å². The summed E-state index contributed by atoms with van der Waals surface area (Å²) < 4.78 is 9.94. The zero-order valence-electron chi connectivity index (χ0n) is 10.0. The topological polar surface area (TPSA) is 65.2 Å². The first kappa shape index (κ1) is 11.1. The molecule has 0 aromatic carbocycles. The Balaban J connectivity index is 2.18. The molecule has 5 heteroatoms. The third kappa shape index (κ3) is 1.50. The Bertz CT molecular complexity index is 425. The standard InChI is InChI=1S/C11H16N2O3/c1-5-15-8(14)7-12-9(16-13-7)11(4)6-10(11,2)3/h5-6H2,1-4H3. The van der Waals surface area contributed by atoms with Crippen molar-refractivity contribution in [1.29, 1.82) is 0 Å². The van der Waals surface area contributed by atoms with Gasteiger partial charge in [0.15, 0.2) is 0 Å². The van der Waals surface area contributed by atoms with Crippen LogP contribution in [-0.4, -0.2) is 22.7 Å². The van der Waals surface area contributed by atoms with E-state index in [-0.39, 0.29) is 16.7 Å². The molecule has 2 rings (SSSR count). The van der Waals surface area contributed by atoms with Crippen molar-refractivity contribution in [1.82, 2.24) is 10.1 Å². The van der Waals surface area contributed by atoms with E-state index in [9.17, 15) is 4.79 Å². The summed E-state index contributed by atoms with van der Waals surface area (Å²) in [7, 11) is 0. The molecule has 1 aliphatic rings. The van der Waals surface area contributed by atoms with Gasteiger partial charge >= 0.3 is 5.97 Å². The van der Waals surface area contributed by atoms with Crippen LogP contribution in [0.3, 0.4) is 0 Å². The molecule has 16 heavy (non-hydrogen) atoms. The number of hydrogen-bond acceptors (Lipinski definition) is 5. The zero-order chi connectivity index (χ0) is 12.0. The summed E-state index contributed by atoms with van der Waals surface area (Å²) in [5, 5.41) is 3.65. The van der Waals surface area contributed by atoms with Crippen molar-refractivity contribution in [3.05, 3.63) is 11.7 Å². The molecule has 0 saturated heterocycles. The van der Waals surface area contributed by atoms with E-state index < -0.39 is 5.97 Å². The van der Waals surface area contributed by atoms with Gasteiger partial charge in [-0.2, -0.15) is 4.98 Å². The fourth-order valence-corrected chi connectivity index (χ4v) is 1.93. The second kappa shape index (κ2) is 3.30. The number of carbonyl (C=O) groups is 1. The van der Waals surface area contributed by atoms with Gasteiger partial charge in [0.05, 0.1) is 12.0 Å². The van der Waals surface area contributed by atoms with E-state index in [0.29, 0.717) is 12.5 Å². The van der Waals surface area contributed by atoms with Gasteiger partial charge < -0.3 is 9.26 Å². The Hall–Kier alpha value is -1.39. The lowest BCUT2D eigenvalue weighted by atomic mass is 9.98. The molecule has 1 aromatic heterocycles. The van der Waals surface area contributed by atoms with Crippen molar-refractivity contribution in [3.8, 4) is 0 Å². The minimum absolute atomic E-state index is 0.0146. The molecule has 1 atom stereocenters. The Morgan fingerprint density at radius 2 is 2.12 bits per heavy atom. The molecule has 0 aliphatic heterocycles. The summed E-state index contributed by atoms with van der Waals surface area (Å²) in [6, 6.07) is 0. The lowest BCUT2D eigenvalue weighted by molar-refractivity contribution is 0.0508. The Morgan fingerprint density at radius 1 is 1.50 bits per heavy atom. The minimum atomic E-state index is -0.528. The van der Waals surface area contributed by atoms with Gasteiger partial charge in [0.25, 0.3) is 5.82 Å². The quantitative estimate of drug-likeness (QED) is 0.734. The van der Waals surface area contributed by atoms with Gasteiger partial charge in [-0.25, -0.2) is 4.79 Å². The first-order valence-corrected chi connectivity index (χ1v) is 5.42. The fourth-order valence-electron chi connectivity index (χ4n) is 1.93. The lowest BCUT2D eigenvalue weighted by Crippen LogP contribution is -2.11. The molecule has 0 N–H and O–H groups in total. The maximum atomic E-state index is 11.4. The predicted octanol–water partition coefficient (Wildman–Crippen LogP) is 1.93. The van der Waals surface area contributed by atoms with Gasteiger partial charge in [0.1, 0.15) is 0 Å². The number of carbonyl (C=O) groups excluding carboxylic acids is 1. The summed E-state index contributed by atoms with van der Waals surface area (Å²) >= 11 is 0. The normalized spacial score (nSPS) is 26.5. The van der Waals surface area contributed by atoms with Gasteiger partial charge in [-0.15, -0.1) is 0 Å². The highest BCUT2D eigenvalue weighted by Crippen LogP contribution is 2.63. The molecular formula is C11H16N2O3. The highest BCUT2D eigenvalue weighted by molar-refractivity contribution is 5.84. The second-order valence-electron chi connectivity index (χ2n) is 5.04. The van der Waals surface area contributed by atoms with Crippen LogP contribution in [-0.2, 0) is 10.2 Å². The van der Waals surface area contributed by atoms with Crippen LogP contribution in [0.1, 0.15) is 50.6 Å². The molecule has 1 aliphatic carbocycles. The summed E-state index contributed by atoms with van der Waals surface area (Å²) in [4.78, 5) is 15.5. The highest BCUT2D eigenvalue weighted by atomic mass is 16.5.